The molecule has 0 aliphatic carbocycles. The first-order valence-corrected chi connectivity index (χ1v) is 13.1. The third-order valence-electron chi connectivity index (χ3n) is 3.89. The quantitative estimate of drug-likeness (QED) is 0.372. The van der Waals surface area contributed by atoms with E-state index in [1.165, 1.54) is 9.81 Å². The zero-order chi connectivity index (χ0) is 16.8. The van der Waals surface area contributed by atoms with Gasteiger partial charge in [0.1, 0.15) is 0 Å². The van der Waals surface area contributed by atoms with Crippen molar-refractivity contribution in [3.8, 4) is 0 Å². The van der Waals surface area contributed by atoms with E-state index < -0.39 is 21.8 Å². The van der Waals surface area contributed by atoms with Crippen molar-refractivity contribution >= 4 is 31.6 Å². The number of rotatable bonds is 6. The molecule has 0 unspecified atom stereocenters. The molecule has 0 N–H and O–H groups in total. The van der Waals surface area contributed by atoms with Gasteiger partial charge >= 0.3 is 152 Å². The molecule has 122 valence electrons. The minimum atomic E-state index is -2.40. The molecule has 0 aliphatic heterocycles. The summed E-state index contributed by atoms with van der Waals surface area (Å²) in [7, 11) is 3.39. The van der Waals surface area contributed by atoms with Gasteiger partial charge in [0.2, 0.25) is 0 Å². The molecule has 0 aliphatic rings. The number of benzene rings is 3. The number of methoxy groups -OCH3 is 2. The first kappa shape index (κ1) is 17.3. The summed E-state index contributed by atoms with van der Waals surface area (Å²) in [5, 5.41) is 0. The molecule has 0 saturated carbocycles. The molecule has 0 spiro atoms. The van der Waals surface area contributed by atoms with Crippen molar-refractivity contribution in [3.05, 3.63) is 90.5 Å². The van der Waals surface area contributed by atoms with Gasteiger partial charge < -0.3 is 0 Å². The van der Waals surface area contributed by atoms with E-state index in [1.54, 1.807) is 14.2 Å². The van der Waals surface area contributed by atoms with Crippen LogP contribution >= 0.6 is 0 Å². The maximum absolute atomic E-state index is 5.56. The van der Waals surface area contributed by atoms with E-state index in [1.807, 2.05) is 0 Å². The van der Waals surface area contributed by atoms with Crippen molar-refractivity contribution in [1.29, 1.82) is 0 Å². The third kappa shape index (κ3) is 3.75. The predicted octanol–water partition coefficient (Wildman–Crippen LogP) is 2.49. The third-order valence-corrected chi connectivity index (χ3v) is 13.7. The van der Waals surface area contributed by atoms with Crippen LogP contribution in [0, 0.1) is 0 Å². The molecular weight excluding hydrogens is 493 g/mol. The Morgan fingerprint density at radius 2 is 1.08 bits per heavy atom. The second-order valence-electron chi connectivity index (χ2n) is 5.37. The van der Waals surface area contributed by atoms with Gasteiger partial charge in [-0.3, -0.25) is 0 Å². The summed E-state index contributed by atoms with van der Waals surface area (Å²) in [6.07, 6.45) is -0.328. The average molecular weight is 514 g/mol. The first-order valence-electron chi connectivity index (χ1n) is 7.90. The second-order valence-corrected chi connectivity index (χ2v) is 13.9. The summed E-state index contributed by atoms with van der Waals surface area (Å²) in [4.78, 5) is 0. The Kier molecular flexibility index (Phi) is 6.14. The van der Waals surface area contributed by atoms with Gasteiger partial charge in [-0.25, -0.2) is 0 Å². The molecule has 0 bridgehead atoms. The topological polar surface area (TPSA) is 18.5 Å². The summed E-state index contributed by atoms with van der Waals surface area (Å²) in [6.45, 7) is 0. The molecule has 0 heterocycles. The Balaban J connectivity index is 2.17. The molecule has 2 nitrogen and oxygen atoms in total. The van der Waals surface area contributed by atoms with Gasteiger partial charge in [-0.15, -0.1) is 0 Å². The minimum absolute atomic E-state index is 0.328. The molecule has 3 aromatic rings. The SMILES string of the molecule is COC(OC)c1cccc[c]1[Bi]([c]1ccccc1)[c]1ccccc1. The van der Waals surface area contributed by atoms with Crippen LogP contribution in [0.1, 0.15) is 11.9 Å². The average Bonchev–Trinajstić information content (AvgIpc) is 2.66. The van der Waals surface area contributed by atoms with Crippen LogP contribution in [0.2, 0.25) is 0 Å². The summed E-state index contributed by atoms with van der Waals surface area (Å²) >= 11 is -2.40. The van der Waals surface area contributed by atoms with Gasteiger partial charge in [0, 0.05) is 0 Å². The van der Waals surface area contributed by atoms with Gasteiger partial charge in [-0.1, -0.05) is 0 Å². The van der Waals surface area contributed by atoms with Crippen LogP contribution in [0.4, 0.5) is 0 Å². The summed E-state index contributed by atoms with van der Waals surface area (Å²) < 4.78 is 15.4. The summed E-state index contributed by atoms with van der Waals surface area (Å²) in [5.74, 6) is 0. The molecule has 24 heavy (non-hydrogen) atoms. The van der Waals surface area contributed by atoms with Crippen LogP contribution in [0.15, 0.2) is 84.9 Å². The van der Waals surface area contributed by atoms with E-state index in [9.17, 15) is 0 Å². The fourth-order valence-corrected chi connectivity index (χ4v) is 12.4. The molecule has 0 aromatic heterocycles. The van der Waals surface area contributed by atoms with Crippen LogP contribution in [-0.2, 0) is 9.47 Å². The van der Waals surface area contributed by atoms with Gasteiger partial charge in [-0.2, -0.15) is 0 Å². The molecule has 0 saturated heterocycles. The van der Waals surface area contributed by atoms with Gasteiger partial charge in [-0.05, 0) is 0 Å². The molecular formula is C21H21BiO2. The van der Waals surface area contributed by atoms with E-state index in [-0.39, 0.29) is 6.29 Å². The van der Waals surface area contributed by atoms with E-state index in [0.717, 1.165) is 5.56 Å². The van der Waals surface area contributed by atoms with E-state index in [4.69, 9.17) is 9.47 Å². The van der Waals surface area contributed by atoms with Crippen molar-refractivity contribution in [3.63, 3.8) is 0 Å². The molecule has 3 heteroatoms. The Hall–Kier alpha value is -1.54. The van der Waals surface area contributed by atoms with Crippen LogP contribution in [0.5, 0.6) is 0 Å². The fourth-order valence-electron chi connectivity index (χ4n) is 2.82. The number of ether oxygens (including phenoxy) is 2. The Morgan fingerprint density at radius 1 is 0.625 bits per heavy atom. The molecule has 0 radical (unpaired) electrons. The van der Waals surface area contributed by atoms with Gasteiger partial charge in [0.25, 0.3) is 0 Å². The Morgan fingerprint density at radius 3 is 1.58 bits per heavy atom. The monoisotopic (exact) mass is 514 g/mol. The van der Waals surface area contributed by atoms with E-state index in [0.29, 0.717) is 0 Å². The van der Waals surface area contributed by atoms with Crippen molar-refractivity contribution in [2.45, 2.75) is 6.29 Å². The zero-order valence-electron chi connectivity index (χ0n) is 13.9. The van der Waals surface area contributed by atoms with Crippen molar-refractivity contribution in [1.82, 2.24) is 0 Å². The standard InChI is InChI=1S/C9H11O2.2C6H5.Bi/c1-10-9(11-2)8-6-4-3-5-7-8;2*1-2-4-6-5-3-1;/h3-6,9H,1-2H3;2*1-5H;. The summed E-state index contributed by atoms with van der Waals surface area (Å²) in [6, 6.07) is 30.3. The van der Waals surface area contributed by atoms with Crippen molar-refractivity contribution < 1.29 is 9.47 Å². The van der Waals surface area contributed by atoms with Crippen molar-refractivity contribution in [2.75, 3.05) is 14.2 Å². The predicted molar refractivity (Wildman–Crippen MR) is 101 cm³/mol. The van der Waals surface area contributed by atoms with Gasteiger partial charge in [0.15, 0.2) is 0 Å². The molecule has 3 aromatic carbocycles. The van der Waals surface area contributed by atoms with Crippen molar-refractivity contribution in [2.24, 2.45) is 0 Å². The second kappa shape index (κ2) is 8.53. The van der Waals surface area contributed by atoms with Crippen LogP contribution in [0.25, 0.3) is 0 Å². The first-order chi connectivity index (χ1) is 11.8. The number of hydrogen-bond acceptors (Lipinski definition) is 2. The van der Waals surface area contributed by atoms with Crippen LogP contribution in [-0.4, -0.2) is 36.0 Å². The van der Waals surface area contributed by atoms with E-state index in [2.05, 4.69) is 84.9 Å². The maximum atomic E-state index is 5.56. The normalized spacial score (nSPS) is 11.2. The van der Waals surface area contributed by atoms with Crippen LogP contribution in [0.3, 0.4) is 0 Å². The van der Waals surface area contributed by atoms with Crippen LogP contribution < -0.4 is 9.81 Å². The van der Waals surface area contributed by atoms with E-state index >= 15 is 0 Å². The molecule has 0 fully saturated rings. The number of hydrogen-bond donors (Lipinski definition) is 0. The Bertz CT molecular complexity index is 716. The molecule has 0 atom stereocenters. The van der Waals surface area contributed by atoms with Gasteiger partial charge in [0.05, 0.1) is 0 Å². The summed E-state index contributed by atoms with van der Waals surface area (Å²) in [5.41, 5.74) is 1.15. The zero-order valence-corrected chi connectivity index (χ0v) is 17.4. The molecule has 3 rings (SSSR count). The fraction of sp³-hybridized carbons (Fsp3) is 0.143. The molecule has 0 amide bonds. The Labute approximate surface area is 151 Å².